The number of aryl methyl sites for hydroxylation is 1. The second-order valence-electron chi connectivity index (χ2n) is 3.70. The van der Waals surface area contributed by atoms with Crippen LogP contribution in [0.15, 0.2) is 39.3 Å². The quantitative estimate of drug-likeness (QED) is 0.676. The van der Waals surface area contributed by atoms with Crippen molar-refractivity contribution in [1.82, 2.24) is 5.16 Å². The Bertz CT molecular complexity index is 652. The zero-order chi connectivity index (χ0) is 11.1. The number of fused-ring (bicyclic) bond motifs is 1. The minimum absolute atomic E-state index is 0.371. The van der Waals surface area contributed by atoms with Crippen LogP contribution in [-0.2, 0) is 0 Å². The summed E-state index contributed by atoms with van der Waals surface area (Å²) in [5.41, 5.74) is 7.20. The molecule has 0 bridgehead atoms. The maximum Gasteiger partial charge on any atom is 0.172 e. The lowest BCUT2D eigenvalue weighted by molar-refractivity contribution is 0.435. The lowest BCUT2D eigenvalue weighted by atomic mass is 10.1. The number of rotatable bonds is 1. The Morgan fingerprint density at radius 2 is 2.12 bits per heavy atom. The average molecular weight is 214 g/mol. The largest absolute Gasteiger partial charge is 0.461 e. The van der Waals surface area contributed by atoms with Gasteiger partial charge in [0, 0.05) is 11.5 Å². The first-order chi connectivity index (χ1) is 7.74. The van der Waals surface area contributed by atoms with E-state index in [0.29, 0.717) is 11.6 Å². The fourth-order valence-electron chi connectivity index (χ4n) is 1.80. The number of para-hydroxylation sites is 1. The number of nitrogens with two attached hydrogens (primary N) is 1. The Balaban J connectivity index is 2.30. The van der Waals surface area contributed by atoms with Crippen molar-refractivity contribution in [2.24, 2.45) is 0 Å². The van der Waals surface area contributed by atoms with Crippen LogP contribution >= 0.6 is 0 Å². The number of aromatic nitrogens is 1. The van der Waals surface area contributed by atoms with E-state index < -0.39 is 0 Å². The van der Waals surface area contributed by atoms with Crippen LogP contribution in [0.3, 0.4) is 0 Å². The van der Waals surface area contributed by atoms with Gasteiger partial charge in [-0.3, -0.25) is 0 Å². The van der Waals surface area contributed by atoms with Gasteiger partial charge in [-0.25, -0.2) is 0 Å². The van der Waals surface area contributed by atoms with E-state index in [-0.39, 0.29) is 0 Å². The zero-order valence-corrected chi connectivity index (χ0v) is 8.73. The van der Waals surface area contributed by atoms with E-state index >= 15 is 0 Å². The average Bonchev–Trinajstić information content (AvgIpc) is 2.82. The molecular weight excluding hydrogens is 204 g/mol. The molecule has 3 aromatic rings. The molecule has 0 fully saturated rings. The Morgan fingerprint density at radius 3 is 2.88 bits per heavy atom. The van der Waals surface area contributed by atoms with Crippen molar-refractivity contribution in [2.45, 2.75) is 6.92 Å². The highest BCUT2D eigenvalue weighted by atomic mass is 16.5. The molecule has 0 radical (unpaired) electrons. The number of hydrogen-bond acceptors (Lipinski definition) is 4. The maximum absolute atomic E-state index is 5.63. The second kappa shape index (κ2) is 3.13. The standard InChI is InChI=1S/C12H10N2O2/c1-7-5-8-3-2-4-9(12(8)15-7)10-6-11(13)14-16-10/h2-6H,1H3,(H2,13,14). The third-order valence-electron chi connectivity index (χ3n) is 2.46. The predicted molar refractivity (Wildman–Crippen MR) is 60.9 cm³/mol. The van der Waals surface area contributed by atoms with Gasteiger partial charge in [-0.1, -0.05) is 17.3 Å². The Labute approximate surface area is 91.6 Å². The first-order valence-corrected chi connectivity index (χ1v) is 4.96. The van der Waals surface area contributed by atoms with Crippen LogP contribution in [0.25, 0.3) is 22.3 Å². The van der Waals surface area contributed by atoms with Crippen LogP contribution in [-0.4, -0.2) is 5.16 Å². The van der Waals surface area contributed by atoms with Crippen LogP contribution in [0.2, 0.25) is 0 Å². The van der Waals surface area contributed by atoms with Gasteiger partial charge >= 0.3 is 0 Å². The Kier molecular flexibility index (Phi) is 1.77. The number of anilines is 1. The molecule has 0 aliphatic rings. The minimum Gasteiger partial charge on any atom is -0.461 e. The molecule has 0 atom stereocenters. The van der Waals surface area contributed by atoms with E-state index in [1.165, 1.54) is 0 Å². The van der Waals surface area contributed by atoms with E-state index in [2.05, 4.69) is 5.16 Å². The van der Waals surface area contributed by atoms with Crippen LogP contribution in [0.5, 0.6) is 0 Å². The van der Waals surface area contributed by atoms with E-state index in [1.54, 1.807) is 6.07 Å². The highest BCUT2D eigenvalue weighted by Gasteiger charge is 2.11. The van der Waals surface area contributed by atoms with Crippen molar-refractivity contribution in [3.63, 3.8) is 0 Å². The van der Waals surface area contributed by atoms with Crippen LogP contribution in [0, 0.1) is 6.92 Å². The molecule has 0 saturated heterocycles. The highest BCUT2D eigenvalue weighted by molar-refractivity contribution is 5.91. The topological polar surface area (TPSA) is 65.2 Å². The summed E-state index contributed by atoms with van der Waals surface area (Å²) >= 11 is 0. The summed E-state index contributed by atoms with van der Waals surface area (Å²) in [5.74, 6) is 1.86. The molecule has 80 valence electrons. The fourth-order valence-corrected chi connectivity index (χ4v) is 1.80. The lowest BCUT2D eigenvalue weighted by Crippen LogP contribution is -1.80. The molecule has 0 unspecified atom stereocenters. The number of benzene rings is 1. The molecule has 0 spiro atoms. The lowest BCUT2D eigenvalue weighted by Gasteiger charge is -1.95. The molecule has 0 saturated carbocycles. The van der Waals surface area contributed by atoms with Gasteiger partial charge in [0.25, 0.3) is 0 Å². The van der Waals surface area contributed by atoms with Gasteiger partial charge in [-0.15, -0.1) is 0 Å². The monoisotopic (exact) mass is 214 g/mol. The van der Waals surface area contributed by atoms with Gasteiger partial charge in [0.15, 0.2) is 11.6 Å². The third kappa shape index (κ3) is 1.27. The molecule has 2 N–H and O–H groups in total. The van der Waals surface area contributed by atoms with Crippen LogP contribution in [0.4, 0.5) is 5.82 Å². The summed E-state index contributed by atoms with van der Waals surface area (Å²) in [6.07, 6.45) is 0. The van der Waals surface area contributed by atoms with E-state index in [0.717, 1.165) is 22.3 Å². The predicted octanol–water partition coefficient (Wildman–Crippen LogP) is 2.98. The molecule has 2 heterocycles. The maximum atomic E-state index is 5.63. The molecule has 2 aromatic heterocycles. The molecule has 0 aliphatic heterocycles. The summed E-state index contributed by atoms with van der Waals surface area (Å²) in [5, 5.41) is 4.71. The second-order valence-corrected chi connectivity index (χ2v) is 3.70. The van der Waals surface area contributed by atoms with Gasteiger partial charge in [0.1, 0.15) is 11.3 Å². The normalized spacial score (nSPS) is 11.1. The van der Waals surface area contributed by atoms with Gasteiger partial charge in [0.05, 0.1) is 5.56 Å². The highest BCUT2D eigenvalue weighted by Crippen LogP contribution is 2.31. The number of hydrogen-bond donors (Lipinski definition) is 1. The SMILES string of the molecule is Cc1cc2cccc(-c3cc(N)no3)c2o1. The Morgan fingerprint density at radius 1 is 1.25 bits per heavy atom. The summed E-state index contributed by atoms with van der Waals surface area (Å²) in [4.78, 5) is 0. The Hall–Kier alpha value is -2.23. The number of nitrogens with zero attached hydrogens (tertiary/aromatic N) is 1. The van der Waals surface area contributed by atoms with Crippen molar-refractivity contribution in [2.75, 3.05) is 5.73 Å². The van der Waals surface area contributed by atoms with Gasteiger partial charge in [-0.05, 0) is 19.1 Å². The summed E-state index contributed by atoms with van der Waals surface area (Å²) in [7, 11) is 0. The molecule has 3 rings (SSSR count). The first kappa shape index (κ1) is 9.03. The molecule has 0 amide bonds. The van der Waals surface area contributed by atoms with E-state index in [9.17, 15) is 0 Å². The minimum atomic E-state index is 0.371. The summed E-state index contributed by atoms with van der Waals surface area (Å²) < 4.78 is 10.8. The van der Waals surface area contributed by atoms with E-state index in [4.69, 9.17) is 14.7 Å². The number of furan rings is 1. The zero-order valence-electron chi connectivity index (χ0n) is 8.73. The van der Waals surface area contributed by atoms with Crippen molar-refractivity contribution in [1.29, 1.82) is 0 Å². The molecule has 4 heteroatoms. The van der Waals surface area contributed by atoms with Crippen molar-refractivity contribution >= 4 is 16.8 Å². The summed E-state index contributed by atoms with van der Waals surface area (Å²) in [6, 6.07) is 9.54. The van der Waals surface area contributed by atoms with E-state index in [1.807, 2.05) is 31.2 Å². The first-order valence-electron chi connectivity index (χ1n) is 4.96. The van der Waals surface area contributed by atoms with Gasteiger partial charge in [0.2, 0.25) is 0 Å². The van der Waals surface area contributed by atoms with Crippen molar-refractivity contribution in [3.05, 3.63) is 36.1 Å². The molecule has 4 nitrogen and oxygen atoms in total. The van der Waals surface area contributed by atoms with Crippen molar-refractivity contribution < 1.29 is 8.94 Å². The fraction of sp³-hybridized carbons (Fsp3) is 0.0833. The molecule has 16 heavy (non-hydrogen) atoms. The van der Waals surface area contributed by atoms with Crippen LogP contribution in [0.1, 0.15) is 5.76 Å². The van der Waals surface area contributed by atoms with Gasteiger partial charge in [-0.2, -0.15) is 0 Å². The van der Waals surface area contributed by atoms with Gasteiger partial charge < -0.3 is 14.7 Å². The number of nitrogen functional groups attached to an aromatic ring is 1. The molecule has 0 aliphatic carbocycles. The third-order valence-corrected chi connectivity index (χ3v) is 2.46. The smallest absolute Gasteiger partial charge is 0.172 e. The van der Waals surface area contributed by atoms with Crippen LogP contribution < -0.4 is 5.73 Å². The summed E-state index contributed by atoms with van der Waals surface area (Å²) in [6.45, 7) is 1.92. The van der Waals surface area contributed by atoms with Crippen molar-refractivity contribution in [3.8, 4) is 11.3 Å². The molecular formula is C12H10N2O2. The molecule has 1 aromatic carbocycles.